The van der Waals surface area contributed by atoms with Gasteiger partial charge in [0.25, 0.3) is 0 Å². The van der Waals surface area contributed by atoms with Crippen molar-refractivity contribution in [2.45, 2.75) is 19.8 Å². The summed E-state index contributed by atoms with van der Waals surface area (Å²) >= 11 is 0. The molecule has 2 N–H and O–H groups in total. The number of carbonyl (C=O) groups is 2. The highest BCUT2D eigenvalue weighted by Gasteiger charge is 2.11. The molecule has 0 saturated heterocycles. The van der Waals surface area contributed by atoms with Crippen LogP contribution in [0, 0.1) is 0 Å². The Morgan fingerprint density at radius 1 is 1.43 bits per heavy atom. The minimum Gasteiger partial charge on any atom is -0.366 e. The van der Waals surface area contributed by atoms with Crippen LogP contribution in [0.2, 0.25) is 0 Å². The number of hydrogen-bond donors (Lipinski definition) is 1. The number of nitrogens with two attached hydrogens (primary N) is 1. The molecule has 0 fully saturated rings. The lowest BCUT2D eigenvalue weighted by Gasteiger charge is -2.10. The highest BCUT2D eigenvalue weighted by atomic mass is 16.1. The Kier molecular flexibility index (Phi) is 3.02. The van der Waals surface area contributed by atoms with E-state index in [2.05, 4.69) is 0 Å². The predicted molar refractivity (Wildman–Crippen MR) is 54.4 cm³/mol. The van der Waals surface area contributed by atoms with Gasteiger partial charge in [-0.05, 0) is 23.6 Å². The first-order valence-corrected chi connectivity index (χ1v) is 4.45. The Morgan fingerprint density at radius 3 is 2.50 bits per heavy atom. The third-order valence-electron chi connectivity index (χ3n) is 2.10. The zero-order valence-electron chi connectivity index (χ0n) is 8.28. The second-order valence-electron chi connectivity index (χ2n) is 3.48. The Labute approximate surface area is 82.9 Å². The smallest absolute Gasteiger partial charge is 0.248 e. The second kappa shape index (κ2) is 4.05. The van der Waals surface area contributed by atoms with Crippen LogP contribution in [0.4, 0.5) is 0 Å². The monoisotopic (exact) mass is 191 g/mol. The van der Waals surface area contributed by atoms with Gasteiger partial charge in [-0.1, -0.05) is 19.9 Å². The van der Waals surface area contributed by atoms with Crippen molar-refractivity contribution in [3.05, 3.63) is 34.9 Å². The van der Waals surface area contributed by atoms with E-state index in [9.17, 15) is 9.59 Å². The van der Waals surface area contributed by atoms with E-state index in [0.717, 1.165) is 11.8 Å². The summed E-state index contributed by atoms with van der Waals surface area (Å²) in [6.45, 7) is 3.91. The molecule has 0 aliphatic rings. The molecule has 1 amide bonds. The molecule has 3 heteroatoms. The average Bonchev–Trinajstić information content (AvgIpc) is 2.16. The summed E-state index contributed by atoms with van der Waals surface area (Å²) < 4.78 is 0. The quantitative estimate of drug-likeness (QED) is 0.739. The molecular formula is C11H13NO2. The molecule has 0 heterocycles. The fourth-order valence-corrected chi connectivity index (χ4v) is 1.36. The number of amides is 1. The van der Waals surface area contributed by atoms with Crippen LogP contribution in [-0.4, -0.2) is 12.2 Å². The van der Waals surface area contributed by atoms with Crippen molar-refractivity contribution in [1.29, 1.82) is 0 Å². The fourth-order valence-electron chi connectivity index (χ4n) is 1.36. The molecule has 0 aliphatic heterocycles. The maximum atomic E-state index is 11.1. The molecule has 0 spiro atoms. The summed E-state index contributed by atoms with van der Waals surface area (Å²) in [7, 11) is 0. The minimum absolute atomic E-state index is 0.178. The van der Waals surface area contributed by atoms with Gasteiger partial charge in [0.1, 0.15) is 6.29 Å². The van der Waals surface area contributed by atoms with E-state index in [1.165, 1.54) is 0 Å². The van der Waals surface area contributed by atoms with Crippen molar-refractivity contribution >= 4 is 12.2 Å². The van der Waals surface area contributed by atoms with E-state index in [4.69, 9.17) is 5.73 Å². The number of carbonyl (C=O) groups excluding carboxylic acids is 2. The van der Waals surface area contributed by atoms with Crippen LogP contribution in [0.1, 0.15) is 46.0 Å². The first kappa shape index (κ1) is 10.4. The molecule has 14 heavy (non-hydrogen) atoms. The minimum atomic E-state index is -0.453. The van der Waals surface area contributed by atoms with Crippen molar-refractivity contribution in [1.82, 2.24) is 0 Å². The van der Waals surface area contributed by atoms with Gasteiger partial charge in [-0.2, -0.15) is 0 Å². The molecule has 0 aromatic heterocycles. The van der Waals surface area contributed by atoms with E-state index in [0.29, 0.717) is 11.1 Å². The van der Waals surface area contributed by atoms with Crippen LogP contribution >= 0.6 is 0 Å². The Hall–Kier alpha value is -1.64. The number of aldehydes is 1. The summed E-state index contributed by atoms with van der Waals surface area (Å²) in [5.74, 6) is -0.274. The highest BCUT2D eigenvalue weighted by molar-refractivity contribution is 5.95. The van der Waals surface area contributed by atoms with E-state index in [1.54, 1.807) is 18.2 Å². The predicted octanol–water partition coefficient (Wildman–Crippen LogP) is 1.72. The molecule has 0 aliphatic carbocycles. The largest absolute Gasteiger partial charge is 0.366 e. The normalized spacial score (nSPS) is 10.2. The Balaban J connectivity index is 3.30. The number of primary amides is 1. The number of rotatable bonds is 3. The first-order valence-electron chi connectivity index (χ1n) is 4.45. The van der Waals surface area contributed by atoms with Gasteiger partial charge in [-0.25, -0.2) is 0 Å². The molecule has 74 valence electrons. The first-order chi connectivity index (χ1) is 6.56. The molecule has 0 unspecified atom stereocenters. The van der Waals surface area contributed by atoms with Crippen LogP contribution < -0.4 is 5.73 Å². The molecule has 1 aromatic rings. The molecule has 0 atom stereocenters. The molecule has 3 nitrogen and oxygen atoms in total. The van der Waals surface area contributed by atoms with Gasteiger partial charge >= 0.3 is 0 Å². The molecule has 0 radical (unpaired) electrons. The average molecular weight is 191 g/mol. The van der Waals surface area contributed by atoms with E-state index < -0.39 is 5.91 Å². The third kappa shape index (κ3) is 1.99. The summed E-state index contributed by atoms with van der Waals surface area (Å²) in [4.78, 5) is 21.6. The molecule has 1 rings (SSSR count). The zero-order chi connectivity index (χ0) is 10.7. The van der Waals surface area contributed by atoms with E-state index in [1.807, 2.05) is 13.8 Å². The lowest BCUT2D eigenvalue weighted by molar-refractivity contribution is 0.0998. The lowest BCUT2D eigenvalue weighted by atomic mass is 9.95. The molecule has 0 bridgehead atoms. The van der Waals surface area contributed by atoms with Crippen molar-refractivity contribution in [3.63, 3.8) is 0 Å². The summed E-state index contributed by atoms with van der Waals surface area (Å²) in [5, 5.41) is 0. The van der Waals surface area contributed by atoms with Gasteiger partial charge < -0.3 is 5.73 Å². The Morgan fingerprint density at radius 2 is 2.07 bits per heavy atom. The van der Waals surface area contributed by atoms with E-state index in [-0.39, 0.29) is 5.92 Å². The van der Waals surface area contributed by atoms with Gasteiger partial charge in [-0.15, -0.1) is 0 Å². The van der Waals surface area contributed by atoms with Crippen LogP contribution in [-0.2, 0) is 0 Å². The topological polar surface area (TPSA) is 60.2 Å². The zero-order valence-corrected chi connectivity index (χ0v) is 8.28. The van der Waals surface area contributed by atoms with E-state index >= 15 is 0 Å². The number of hydrogen-bond acceptors (Lipinski definition) is 2. The molecular weight excluding hydrogens is 178 g/mol. The number of benzene rings is 1. The van der Waals surface area contributed by atoms with Crippen LogP contribution in [0.15, 0.2) is 18.2 Å². The maximum absolute atomic E-state index is 11.1. The summed E-state index contributed by atoms with van der Waals surface area (Å²) in [6.07, 6.45) is 0.761. The summed E-state index contributed by atoms with van der Waals surface area (Å²) in [6, 6.07) is 4.90. The van der Waals surface area contributed by atoms with Crippen LogP contribution in [0.5, 0.6) is 0 Å². The highest BCUT2D eigenvalue weighted by Crippen LogP contribution is 2.20. The van der Waals surface area contributed by atoms with Gasteiger partial charge in [0.2, 0.25) is 5.91 Å². The van der Waals surface area contributed by atoms with Crippen molar-refractivity contribution in [2.24, 2.45) is 5.73 Å². The second-order valence-corrected chi connectivity index (χ2v) is 3.48. The maximum Gasteiger partial charge on any atom is 0.248 e. The molecule has 0 saturated carbocycles. The third-order valence-corrected chi connectivity index (χ3v) is 2.10. The standard InChI is InChI=1S/C11H13NO2/c1-7(2)10-5-8(6-13)3-4-9(10)11(12)14/h3-7H,1-2H3,(H2,12,14). The van der Waals surface area contributed by atoms with Gasteiger partial charge in [0.15, 0.2) is 0 Å². The van der Waals surface area contributed by atoms with Gasteiger partial charge in [0, 0.05) is 11.1 Å². The SMILES string of the molecule is CC(C)c1cc(C=O)ccc1C(N)=O. The van der Waals surface area contributed by atoms with Crippen molar-refractivity contribution in [3.8, 4) is 0 Å². The Bertz CT molecular complexity index is 370. The molecule has 1 aromatic carbocycles. The fraction of sp³-hybridized carbons (Fsp3) is 0.273. The lowest BCUT2D eigenvalue weighted by Crippen LogP contribution is -2.14. The van der Waals surface area contributed by atoms with Crippen LogP contribution in [0.3, 0.4) is 0 Å². The van der Waals surface area contributed by atoms with Crippen molar-refractivity contribution in [2.75, 3.05) is 0 Å². The van der Waals surface area contributed by atoms with Crippen LogP contribution in [0.25, 0.3) is 0 Å². The van der Waals surface area contributed by atoms with Gasteiger partial charge in [-0.3, -0.25) is 9.59 Å². The summed E-state index contributed by atoms with van der Waals surface area (Å²) in [5.41, 5.74) is 7.10. The van der Waals surface area contributed by atoms with Crippen molar-refractivity contribution < 1.29 is 9.59 Å². The van der Waals surface area contributed by atoms with Gasteiger partial charge in [0.05, 0.1) is 0 Å².